The quantitative estimate of drug-likeness (QED) is 0.545. The number of aryl methyl sites for hydroxylation is 1. The van der Waals surface area contributed by atoms with Gasteiger partial charge in [-0.1, -0.05) is 18.2 Å². The molecule has 0 radical (unpaired) electrons. The molecule has 2 aromatic heterocycles. The molecule has 130 valence electrons. The van der Waals surface area contributed by atoms with Crippen LogP contribution in [0, 0.1) is 6.92 Å². The molecule has 1 N–H and O–H groups in total. The normalized spacial score (nSPS) is 10.8. The average molecular weight is 364 g/mol. The predicted molar refractivity (Wildman–Crippen MR) is 103 cm³/mol. The maximum absolute atomic E-state index is 12.5. The largest absolute Gasteiger partial charge is 0.495 e. The SMILES string of the molecule is COc1ccc(C)cc1NC(=O)c1ccc(-c2nc3ccccc3s2)o1. The molecule has 0 aliphatic carbocycles. The van der Waals surface area contributed by atoms with Crippen molar-refractivity contribution in [2.75, 3.05) is 12.4 Å². The van der Waals surface area contributed by atoms with Gasteiger partial charge >= 0.3 is 0 Å². The third kappa shape index (κ3) is 3.07. The summed E-state index contributed by atoms with van der Waals surface area (Å²) in [6.07, 6.45) is 0. The summed E-state index contributed by atoms with van der Waals surface area (Å²) in [5, 5.41) is 3.58. The van der Waals surface area contributed by atoms with Gasteiger partial charge in [-0.05, 0) is 48.9 Å². The highest BCUT2D eigenvalue weighted by atomic mass is 32.1. The monoisotopic (exact) mass is 364 g/mol. The second-order valence-corrected chi connectivity index (χ2v) is 6.84. The van der Waals surface area contributed by atoms with Crippen LogP contribution in [0.4, 0.5) is 5.69 Å². The molecule has 4 aromatic rings. The average Bonchev–Trinajstić information content (AvgIpc) is 3.28. The van der Waals surface area contributed by atoms with Crippen molar-refractivity contribution in [2.24, 2.45) is 0 Å². The third-order valence-corrected chi connectivity index (χ3v) is 4.99. The third-order valence-electron chi connectivity index (χ3n) is 3.94. The van der Waals surface area contributed by atoms with E-state index >= 15 is 0 Å². The Morgan fingerprint density at radius 3 is 2.81 bits per heavy atom. The fraction of sp³-hybridized carbons (Fsp3) is 0.100. The van der Waals surface area contributed by atoms with Gasteiger partial charge in [0.1, 0.15) is 5.75 Å². The highest BCUT2D eigenvalue weighted by molar-refractivity contribution is 7.21. The van der Waals surface area contributed by atoms with Crippen LogP contribution in [-0.2, 0) is 0 Å². The van der Waals surface area contributed by atoms with Crippen molar-refractivity contribution in [2.45, 2.75) is 6.92 Å². The van der Waals surface area contributed by atoms with Crippen molar-refractivity contribution in [3.63, 3.8) is 0 Å². The zero-order valence-corrected chi connectivity index (χ0v) is 15.1. The number of methoxy groups -OCH3 is 1. The Morgan fingerprint density at radius 1 is 1.15 bits per heavy atom. The number of amides is 1. The molecular formula is C20H16N2O3S. The van der Waals surface area contributed by atoms with E-state index in [-0.39, 0.29) is 11.7 Å². The lowest BCUT2D eigenvalue weighted by Crippen LogP contribution is -2.11. The number of nitrogens with one attached hydrogen (secondary N) is 1. The maximum atomic E-state index is 12.5. The fourth-order valence-corrected chi connectivity index (χ4v) is 3.58. The second-order valence-electron chi connectivity index (χ2n) is 5.81. The summed E-state index contributed by atoms with van der Waals surface area (Å²) in [5.74, 6) is 1.07. The second kappa shape index (κ2) is 6.65. The van der Waals surface area contributed by atoms with Gasteiger partial charge < -0.3 is 14.5 Å². The number of carbonyl (C=O) groups excluding carboxylic acids is 1. The molecule has 5 nitrogen and oxygen atoms in total. The number of aromatic nitrogens is 1. The molecule has 0 spiro atoms. The standard InChI is InChI=1S/C20H16N2O3S/c1-12-7-8-15(24-2)14(11-12)21-19(23)16-9-10-17(25-16)20-22-13-5-3-4-6-18(13)26-20/h3-11H,1-2H3,(H,21,23). The van der Waals surface area contributed by atoms with E-state index in [1.54, 1.807) is 19.2 Å². The zero-order chi connectivity index (χ0) is 18.1. The number of nitrogens with zero attached hydrogens (tertiary/aromatic N) is 1. The van der Waals surface area contributed by atoms with Crippen LogP contribution in [0.3, 0.4) is 0 Å². The van der Waals surface area contributed by atoms with Crippen LogP contribution in [0.25, 0.3) is 21.0 Å². The molecule has 0 atom stereocenters. The van der Waals surface area contributed by atoms with E-state index in [1.165, 1.54) is 11.3 Å². The lowest BCUT2D eigenvalue weighted by molar-refractivity contribution is 0.0997. The summed E-state index contributed by atoms with van der Waals surface area (Å²) in [6, 6.07) is 16.9. The van der Waals surface area contributed by atoms with Crippen LogP contribution in [0.1, 0.15) is 16.1 Å². The minimum atomic E-state index is -0.332. The number of furan rings is 1. The van der Waals surface area contributed by atoms with Gasteiger partial charge in [-0.3, -0.25) is 4.79 Å². The van der Waals surface area contributed by atoms with Crippen LogP contribution < -0.4 is 10.1 Å². The smallest absolute Gasteiger partial charge is 0.291 e. The van der Waals surface area contributed by atoms with Gasteiger partial charge in [0.2, 0.25) is 0 Å². The van der Waals surface area contributed by atoms with E-state index in [4.69, 9.17) is 9.15 Å². The summed E-state index contributed by atoms with van der Waals surface area (Å²) in [4.78, 5) is 17.1. The molecule has 26 heavy (non-hydrogen) atoms. The van der Waals surface area contributed by atoms with Gasteiger partial charge in [-0.25, -0.2) is 4.98 Å². The Morgan fingerprint density at radius 2 is 2.00 bits per heavy atom. The fourth-order valence-electron chi connectivity index (χ4n) is 2.66. The Hall–Kier alpha value is -3.12. The Kier molecular flexibility index (Phi) is 4.18. The van der Waals surface area contributed by atoms with Crippen molar-refractivity contribution in [3.05, 3.63) is 65.9 Å². The number of para-hydroxylation sites is 1. The first-order chi connectivity index (χ1) is 12.6. The van der Waals surface area contributed by atoms with E-state index in [9.17, 15) is 4.79 Å². The molecular weight excluding hydrogens is 348 g/mol. The summed E-state index contributed by atoms with van der Waals surface area (Å²) < 4.78 is 12.1. The van der Waals surface area contributed by atoms with Crippen molar-refractivity contribution >= 4 is 33.1 Å². The van der Waals surface area contributed by atoms with Crippen molar-refractivity contribution in [1.29, 1.82) is 0 Å². The first-order valence-electron chi connectivity index (χ1n) is 8.06. The molecule has 0 saturated heterocycles. The molecule has 0 bridgehead atoms. The highest BCUT2D eigenvalue weighted by Gasteiger charge is 2.16. The summed E-state index contributed by atoms with van der Waals surface area (Å²) in [5.41, 5.74) is 2.55. The van der Waals surface area contributed by atoms with E-state index in [0.29, 0.717) is 17.2 Å². The number of carbonyl (C=O) groups is 1. The zero-order valence-electron chi connectivity index (χ0n) is 14.3. The van der Waals surface area contributed by atoms with Crippen LogP contribution >= 0.6 is 11.3 Å². The van der Waals surface area contributed by atoms with Crippen LogP contribution in [0.15, 0.2) is 59.0 Å². The molecule has 0 aliphatic rings. The van der Waals surface area contributed by atoms with Crippen LogP contribution in [0.2, 0.25) is 0 Å². The van der Waals surface area contributed by atoms with E-state index in [1.807, 2.05) is 49.4 Å². The summed E-state index contributed by atoms with van der Waals surface area (Å²) in [6.45, 7) is 1.95. The Balaban J connectivity index is 1.59. The van der Waals surface area contributed by atoms with Gasteiger partial charge in [0.25, 0.3) is 5.91 Å². The van der Waals surface area contributed by atoms with E-state index in [0.717, 1.165) is 20.8 Å². The van der Waals surface area contributed by atoms with E-state index < -0.39 is 0 Å². The molecule has 4 rings (SSSR count). The molecule has 0 fully saturated rings. The first-order valence-corrected chi connectivity index (χ1v) is 8.87. The molecule has 6 heteroatoms. The first kappa shape index (κ1) is 16.4. The van der Waals surface area contributed by atoms with Gasteiger partial charge in [-0.2, -0.15) is 0 Å². The van der Waals surface area contributed by atoms with Crippen molar-refractivity contribution in [3.8, 4) is 16.5 Å². The van der Waals surface area contributed by atoms with Gasteiger partial charge in [0, 0.05) is 0 Å². The number of benzene rings is 2. The molecule has 2 aromatic carbocycles. The number of fused-ring (bicyclic) bond motifs is 1. The topological polar surface area (TPSA) is 64.4 Å². The number of hydrogen-bond acceptors (Lipinski definition) is 5. The minimum Gasteiger partial charge on any atom is -0.495 e. The van der Waals surface area contributed by atoms with Gasteiger partial charge in [-0.15, -0.1) is 11.3 Å². The number of thiazole rings is 1. The molecule has 0 aliphatic heterocycles. The highest BCUT2D eigenvalue weighted by Crippen LogP contribution is 2.32. The number of ether oxygens (including phenoxy) is 1. The maximum Gasteiger partial charge on any atom is 0.291 e. The molecule has 1 amide bonds. The molecule has 2 heterocycles. The summed E-state index contributed by atoms with van der Waals surface area (Å²) in [7, 11) is 1.57. The Labute approximate surface area is 154 Å². The van der Waals surface area contributed by atoms with E-state index in [2.05, 4.69) is 10.3 Å². The predicted octanol–water partition coefficient (Wildman–Crippen LogP) is 5.13. The van der Waals surface area contributed by atoms with Gasteiger partial charge in [0.15, 0.2) is 16.5 Å². The lowest BCUT2D eigenvalue weighted by atomic mass is 10.2. The number of hydrogen-bond donors (Lipinski definition) is 1. The Bertz CT molecular complexity index is 1060. The minimum absolute atomic E-state index is 0.225. The van der Waals surface area contributed by atoms with Crippen molar-refractivity contribution < 1.29 is 13.9 Å². The van der Waals surface area contributed by atoms with Crippen LogP contribution in [-0.4, -0.2) is 18.0 Å². The van der Waals surface area contributed by atoms with Crippen LogP contribution in [0.5, 0.6) is 5.75 Å². The molecule has 0 saturated carbocycles. The lowest BCUT2D eigenvalue weighted by Gasteiger charge is -2.09. The number of rotatable bonds is 4. The van der Waals surface area contributed by atoms with Gasteiger partial charge in [0.05, 0.1) is 23.0 Å². The number of anilines is 1. The molecule has 0 unspecified atom stereocenters. The van der Waals surface area contributed by atoms with Crippen molar-refractivity contribution in [1.82, 2.24) is 4.98 Å². The summed E-state index contributed by atoms with van der Waals surface area (Å²) >= 11 is 1.53.